The summed E-state index contributed by atoms with van der Waals surface area (Å²) >= 11 is -4.82. The summed E-state index contributed by atoms with van der Waals surface area (Å²) in [5, 5.41) is 0. The summed E-state index contributed by atoms with van der Waals surface area (Å²) < 4.78 is 24.7. The van der Waals surface area contributed by atoms with Crippen molar-refractivity contribution in [1.82, 2.24) is 0 Å². The molecule has 76 valence electrons. The molecule has 0 bridgehead atoms. The molecule has 0 fully saturated rings. The van der Waals surface area contributed by atoms with Gasteiger partial charge in [0.2, 0.25) is 0 Å². The molecule has 0 unspecified atom stereocenters. The molecule has 0 aliphatic heterocycles. The standard InChI is InChI=1S/2C4H9.2O.S.2Sn/c2*1-3-4-2;;;;;/h2*1,3-4H2,2H3;;;;;. The topological polar surface area (TPSA) is 34.1 Å². The Labute approximate surface area is 96.4 Å². The second-order valence-electron chi connectivity index (χ2n) is 3.05. The van der Waals surface area contributed by atoms with Gasteiger partial charge >= 0.3 is 97.4 Å². The Kier molecular flexibility index (Phi) is 11.3. The maximum atomic E-state index is 11.5. The van der Waals surface area contributed by atoms with Crippen molar-refractivity contribution in [3.8, 4) is 0 Å². The second-order valence-corrected chi connectivity index (χ2v) is 29.9. The van der Waals surface area contributed by atoms with Gasteiger partial charge in [0.05, 0.1) is 0 Å². The van der Waals surface area contributed by atoms with Crippen molar-refractivity contribution in [3.05, 3.63) is 0 Å². The first-order valence-corrected chi connectivity index (χ1v) is 19.1. The SMILES string of the molecule is CCC[CH2][Sn](=[O])[S][Sn](=[O])[CH2]CCC. The first kappa shape index (κ1) is 14.5. The number of unbranched alkanes of at least 4 members (excludes halogenated alkanes) is 2. The summed E-state index contributed by atoms with van der Waals surface area (Å²) in [5.74, 6) is 0. The van der Waals surface area contributed by atoms with E-state index in [-0.39, 0.29) is 0 Å². The van der Waals surface area contributed by atoms with Crippen LogP contribution in [0, 0.1) is 0 Å². The molecule has 0 rings (SSSR count). The van der Waals surface area contributed by atoms with Crippen LogP contribution in [0.2, 0.25) is 8.87 Å². The molecule has 0 atom stereocenters. The van der Waals surface area contributed by atoms with Crippen LogP contribution in [-0.4, -0.2) is 36.7 Å². The second kappa shape index (κ2) is 10.1. The zero-order valence-electron chi connectivity index (χ0n) is 8.47. The molecule has 0 aromatic carbocycles. The fraction of sp³-hybridized carbons (Fsp3) is 1.00. The van der Waals surface area contributed by atoms with Crippen LogP contribution in [0.1, 0.15) is 39.5 Å². The van der Waals surface area contributed by atoms with E-state index >= 15 is 0 Å². The van der Waals surface area contributed by atoms with E-state index in [9.17, 15) is 6.15 Å². The van der Waals surface area contributed by atoms with Crippen molar-refractivity contribution in [1.29, 1.82) is 0 Å². The molecule has 13 heavy (non-hydrogen) atoms. The molecule has 0 aliphatic carbocycles. The van der Waals surface area contributed by atoms with Gasteiger partial charge in [0.25, 0.3) is 0 Å². The summed E-state index contributed by atoms with van der Waals surface area (Å²) in [4.78, 5) is 0. The van der Waals surface area contributed by atoms with Crippen LogP contribution in [0.15, 0.2) is 0 Å². The Balaban J connectivity index is 3.47. The molecule has 0 heterocycles. The number of hydrogen-bond acceptors (Lipinski definition) is 3. The van der Waals surface area contributed by atoms with Gasteiger partial charge in [-0.25, -0.2) is 0 Å². The zero-order chi connectivity index (χ0) is 10.1. The van der Waals surface area contributed by atoms with E-state index in [1.165, 1.54) is 6.13 Å². The van der Waals surface area contributed by atoms with Gasteiger partial charge in [0.1, 0.15) is 0 Å². The molecule has 0 aromatic rings. The van der Waals surface area contributed by atoms with Gasteiger partial charge in [-0.3, -0.25) is 0 Å². The van der Waals surface area contributed by atoms with E-state index in [1.807, 2.05) is 0 Å². The minimum atomic E-state index is -2.41. The summed E-state index contributed by atoms with van der Waals surface area (Å²) in [6, 6.07) is 0. The average Bonchev–Trinajstić information content (AvgIpc) is 2.11. The molecule has 0 radical (unpaired) electrons. The van der Waals surface area contributed by atoms with Crippen molar-refractivity contribution < 1.29 is 6.15 Å². The first-order valence-electron chi connectivity index (χ1n) is 4.94. The zero-order valence-corrected chi connectivity index (χ0v) is 15.0. The molecule has 0 aliphatic rings. The third kappa shape index (κ3) is 9.84. The van der Waals surface area contributed by atoms with E-state index in [1.54, 1.807) is 0 Å². The van der Waals surface area contributed by atoms with Gasteiger partial charge in [-0.15, -0.1) is 0 Å². The Morgan fingerprint density at radius 2 is 1.31 bits per heavy atom. The molecule has 0 N–H and O–H groups in total. The van der Waals surface area contributed by atoms with Crippen LogP contribution in [0.3, 0.4) is 0 Å². The van der Waals surface area contributed by atoms with Crippen LogP contribution in [0.5, 0.6) is 0 Å². The quantitative estimate of drug-likeness (QED) is 0.571. The Morgan fingerprint density at radius 1 is 0.923 bits per heavy atom. The van der Waals surface area contributed by atoms with E-state index in [0.29, 0.717) is 0 Å². The molecule has 0 saturated carbocycles. The normalized spacial score (nSPS) is 10.0. The van der Waals surface area contributed by atoms with Crippen LogP contribution in [0.4, 0.5) is 0 Å². The Bertz CT molecular complexity index is 156. The van der Waals surface area contributed by atoms with Gasteiger partial charge in [-0.05, 0) is 0 Å². The summed E-state index contributed by atoms with van der Waals surface area (Å²) in [6.07, 6.45) is 5.81. The van der Waals surface area contributed by atoms with Crippen molar-refractivity contribution in [2.45, 2.75) is 48.4 Å². The number of hydrogen-bond donors (Lipinski definition) is 0. The van der Waals surface area contributed by atoms with E-state index in [0.717, 1.165) is 34.6 Å². The fourth-order valence-electron chi connectivity index (χ4n) is 0.871. The molecule has 0 saturated heterocycles. The summed E-state index contributed by atoms with van der Waals surface area (Å²) in [7, 11) is 0. The molecular weight excluding hydrogens is 398 g/mol. The van der Waals surface area contributed by atoms with E-state index in [4.69, 9.17) is 0 Å². The van der Waals surface area contributed by atoms with Crippen molar-refractivity contribution in [3.63, 3.8) is 0 Å². The van der Waals surface area contributed by atoms with Crippen molar-refractivity contribution in [2.24, 2.45) is 0 Å². The van der Waals surface area contributed by atoms with Gasteiger partial charge in [-0.1, -0.05) is 0 Å². The van der Waals surface area contributed by atoms with Crippen LogP contribution in [0.25, 0.3) is 0 Å². The summed E-state index contributed by atoms with van der Waals surface area (Å²) in [5.41, 5.74) is 0. The van der Waals surface area contributed by atoms with Crippen LogP contribution >= 0.6 is 6.13 Å². The predicted octanol–water partition coefficient (Wildman–Crippen LogP) is 3.16. The predicted molar refractivity (Wildman–Crippen MR) is 59.9 cm³/mol. The van der Waals surface area contributed by atoms with Gasteiger partial charge < -0.3 is 0 Å². The third-order valence-electron chi connectivity index (χ3n) is 1.70. The molecule has 0 amide bonds. The molecule has 0 aromatic heterocycles. The molecule has 5 heteroatoms. The third-order valence-corrected chi connectivity index (χ3v) is 39.3. The molecule has 2 nitrogen and oxygen atoms in total. The van der Waals surface area contributed by atoms with Gasteiger partial charge in [-0.2, -0.15) is 0 Å². The number of rotatable bonds is 8. The Hall–Kier alpha value is 1.55. The Morgan fingerprint density at radius 3 is 1.62 bits per heavy atom. The van der Waals surface area contributed by atoms with Gasteiger partial charge in [0, 0.05) is 0 Å². The minimum absolute atomic E-state index is 0.891. The van der Waals surface area contributed by atoms with E-state index in [2.05, 4.69) is 13.8 Å². The van der Waals surface area contributed by atoms with Gasteiger partial charge in [0.15, 0.2) is 0 Å². The molecule has 0 spiro atoms. The van der Waals surface area contributed by atoms with E-state index < -0.39 is 36.7 Å². The average molecular weight is 416 g/mol. The summed E-state index contributed by atoms with van der Waals surface area (Å²) in [6.45, 7) is 4.21. The molecular formula is C8H18O2SSn2. The van der Waals surface area contributed by atoms with Crippen molar-refractivity contribution >= 4 is 42.9 Å². The fourth-order valence-corrected chi connectivity index (χ4v) is 37.2. The van der Waals surface area contributed by atoms with Crippen LogP contribution < -0.4 is 0 Å². The monoisotopic (exact) mass is 418 g/mol. The first-order chi connectivity index (χ1) is 6.20. The van der Waals surface area contributed by atoms with Crippen molar-refractivity contribution in [2.75, 3.05) is 0 Å². The van der Waals surface area contributed by atoms with Crippen LogP contribution in [-0.2, 0) is 6.15 Å². The maximum absolute atomic E-state index is 11.5.